The number of hydrogen-bond donors (Lipinski definition) is 0. The molecule has 8 rings (SSSR count). The van der Waals surface area contributed by atoms with E-state index in [0.29, 0.717) is 70.6 Å². The Labute approximate surface area is 382 Å². The van der Waals surface area contributed by atoms with Gasteiger partial charge in [0.2, 0.25) is 11.8 Å². The first-order chi connectivity index (χ1) is 30.0. The molecule has 0 aliphatic carbocycles. The molecule has 2 saturated heterocycles. The fourth-order valence-electron chi connectivity index (χ4n) is 9.31. The number of amides is 2. The summed E-state index contributed by atoms with van der Waals surface area (Å²) in [5, 5.41) is 1.69. The summed E-state index contributed by atoms with van der Waals surface area (Å²) in [4.78, 5) is 62.9. The number of nitrogens with zero attached hydrogens (tertiary/aromatic N) is 4. The number of esters is 2. The zero-order valence-corrected chi connectivity index (χ0v) is 37.3. The van der Waals surface area contributed by atoms with Gasteiger partial charge >= 0.3 is 11.9 Å². The molecule has 0 radical (unpaired) electrons. The molecule has 2 fully saturated rings. The van der Waals surface area contributed by atoms with Crippen molar-refractivity contribution < 1.29 is 28.7 Å². The van der Waals surface area contributed by atoms with E-state index in [1.165, 1.54) is 0 Å². The van der Waals surface area contributed by atoms with Crippen LogP contribution in [0.1, 0.15) is 71.1 Å². The number of hydrogen-bond acceptors (Lipinski definition) is 8. The van der Waals surface area contributed by atoms with Crippen molar-refractivity contribution >= 4 is 70.2 Å². The third-order valence-electron chi connectivity index (χ3n) is 12.4. The fraction of sp³-hybridized carbons (Fsp3) is 0.375. The van der Waals surface area contributed by atoms with E-state index in [4.69, 9.17) is 55.9 Å². The molecule has 2 unspecified atom stereocenters. The van der Waals surface area contributed by atoms with E-state index in [1.54, 1.807) is 36.4 Å². The monoisotopic (exact) mass is 916 g/mol. The lowest BCUT2D eigenvalue weighted by Gasteiger charge is -2.40. The Morgan fingerprint density at radius 1 is 0.532 bits per heavy atom. The van der Waals surface area contributed by atoms with Crippen molar-refractivity contribution in [2.75, 3.05) is 52.4 Å². The number of rotatable bonds is 12. The standard InChI is InChI=1S/C48H48Cl4N4O6/c49-37-13-11-31(25-39(37)51)27-45(57)55-23-17-35-33(41(55)29-53-19-1-2-20-53)7-5-9-43(35)61-47(59)15-16-48(60)62-44-10-6-8-34-36(44)18-24-56(42(34)30-54-21-3-4-22-54)46(58)28-32-12-14-38(50)40(52)26-32/h5-16,25-26,41-42H,1-4,17-24,27-30H2/b16-15-. The molecular formula is C48H48Cl4N4O6. The Morgan fingerprint density at radius 3 is 1.32 bits per heavy atom. The van der Waals surface area contributed by atoms with Crippen LogP contribution in [0.25, 0.3) is 0 Å². The zero-order chi connectivity index (χ0) is 43.3. The van der Waals surface area contributed by atoms with Crippen molar-refractivity contribution in [3.63, 3.8) is 0 Å². The Morgan fingerprint density at radius 2 is 0.935 bits per heavy atom. The molecule has 10 nitrogen and oxygen atoms in total. The molecule has 0 saturated carbocycles. The first kappa shape index (κ1) is 44.2. The second-order valence-electron chi connectivity index (χ2n) is 16.4. The lowest BCUT2D eigenvalue weighted by Crippen LogP contribution is -2.45. The minimum atomic E-state index is -0.721. The summed E-state index contributed by atoms with van der Waals surface area (Å²) in [5.74, 6) is -0.687. The van der Waals surface area contributed by atoms with Crippen LogP contribution < -0.4 is 9.47 Å². The minimum Gasteiger partial charge on any atom is -0.423 e. The molecule has 4 aromatic rings. The first-order valence-corrected chi connectivity index (χ1v) is 22.8. The van der Waals surface area contributed by atoms with E-state index < -0.39 is 11.9 Å². The van der Waals surface area contributed by atoms with Gasteiger partial charge in [0.25, 0.3) is 0 Å². The third-order valence-corrected chi connectivity index (χ3v) is 13.8. The Kier molecular flexibility index (Phi) is 14.2. The van der Waals surface area contributed by atoms with Gasteiger partial charge in [-0.25, -0.2) is 9.59 Å². The number of likely N-dealkylation sites (tertiary alicyclic amines) is 2. The molecule has 2 atom stereocenters. The summed E-state index contributed by atoms with van der Waals surface area (Å²) in [6, 6.07) is 21.2. The highest BCUT2D eigenvalue weighted by molar-refractivity contribution is 6.42. The van der Waals surface area contributed by atoms with Crippen LogP contribution in [0.15, 0.2) is 84.9 Å². The van der Waals surface area contributed by atoms with Gasteiger partial charge in [-0.1, -0.05) is 82.8 Å². The van der Waals surface area contributed by atoms with Gasteiger partial charge in [-0.05, 0) is 123 Å². The number of ether oxygens (including phenoxy) is 2. The van der Waals surface area contributed by atoms with Gasteiger partial charge in [0.05, 0.1) is 45.0 Å². The maximum Gasteiger partial charge on any atom is 0.336 e. The number of benzene rings is 4. The van der Waals surface area contributed by atoms with E-state index in [1.807, 2.05) is 46.2 Å². The van der Waals surface area contributed by atoms with E-state index >= 15 is 0 Å². The second kappa shape index (κ2) is 20.0. The van der Waals surface area contributed by atoms with Gasteiger partial charge in [0.1, 0.15) is 11.5 Å². The molecule has 0 N–H and O–H groups in total. The largest absolute Gasteiger partial charge is 0.423 e. The number of fused-ring (bicyclic) bond motifs is 2. The molecule has 4 aromatic carbocycles. The highest BCUT2D eigenvalue weighted by Crippen LogP contribution is 2.39. The van der Waals surface area contributed by atoms with Crippen molar-refractivity contribution in [1.29, 1.82) is 0 Å². The molecule has 4 heterocycles. The van der Waals surface area contributed by atoms with Crippen molar-refractivity contribution in [2.24, 2.45) is 0 Å². The molecule has 324 valence electrons. The molecule has 0 aromatic heterocycles. The van der Waals surface area contributed by atoms with Crippen LogP contribution in [0.3, 0.4) is 0 Å². The lowest BCUT2D eigenvalue weighted by molar-refractivity contribution is -0.134. The zero-order valence-electron chi connectivity index (χ0n) is 34.3. The maximum atomic E-state index is 13.9. The SMILES string of the molecule is O=C(/C=C\C(=O)Oc1cccc2c1CCN(C(=O)Cc1ccc(Cl)c(Cl)c1)C2CN1CCCC1)Oc1cccc2c1CCN(C(=O)Cc1ccc(Cl)c(Cl)c1)C2CN1CCCC1. The van der Waals surface area contributed by atoms with Crippen LogP contribution in [-0.4, -0.2) is 95.7 Å². The van der Waals surface area contributed by atoms with Gasteiger partial charge in [0, 0.05) is 49.5 Å². The average molecular weight is 919 g/mol. The Balaban J connectivity index is 0.949. The van der Waals surface area contributed by atoms with Gasteiger partial charge in [-0.15, -0.1) is 0 Å². The quantitative estimate of drug-likeness (QED) is 0.0790. The summed E-state index contributed by atoms with van der Waals surface area (Å²) in [6.45, 7) is 6.07. The van der Waals surface area contributed by atoms with Gasteiger partial charge < -0.3 is 29.1 Å². The van der Waals surface area contributed by atoms with Crippen LogP contribution in [0.4, 0.5) is 0 Å². The van der Waals surface area contributed by atoms with E-state index in [2.05, 4.69) is 9.80 Å². The average Bonchev–Trinajstić information content (AvgIpc) is 3.98. The van der Waals surface area contributed by atoms with Crippen LogP contribution in [0, 0.1) is 0 Å². The van der Waals surface area contributed by atoms with Crippen molar-refractivity contribution in [1.82, 2.24) is 19.6 Å². The molecule has 4 aliphatic rings. The maximum absolute atomic E-state index is 13.9. The van der Waals surface area contributed by atoms with Crippen LogP contribution in [0.2, 0.25) is 20.1 Å². The third kappa shape index (κ3) is 10.3. The van der Waals surface area contributed by atoms with Gasteiger partial charge in [-0.3, -0.25) is 9.59 Å². The topological polar surface area (TPSA) is 99.7 Å². The van der Waals surface area contributed by atoms with Crippen LogP contribution >= 0.6 is 46.4 Å². The summed E-state index contributed by atoms with van der Waals surface area (Å²) >= 11 is 24.8. The van der Waals surface area contributed by atoms with E-state index in [0.717, 1.165) is 97.4 Å². The smallest absolute Gasteiger partial charge is 0.336 e. The second-order valence-corrected chi connectivity index (χ2v) is 18.0. The van der Waals surface area contributed by atoms with Crippen molar-refractivity contribution in [2.45, 2.75) is 63.5 Å². The van der Waals surface area contributed by atoms with Gasteiger partial charge in [0.15, 0.2) is 0 Å². The van der Waals surface area contributed by atoms with Crippen molar-refractivity contribution in [3.05, 3.63) is 138 Å². The number of carbonyl (C=O) groups excluding carboxylic acids is 4. The predicted octanol–water partition coefficient (Wildman–Crippen LogP) is 8.90. The molecule has 0 bridgehead atoms. The summed E-state index contributed by atoms with van der Waals surface area (Å²) < 4.78 is 11.7. The fourth-order valence-corrected chi connectivity index (χ4v) is 9.95. The number of carbonyl (C=O) groups is 4. The number of halogens is 4. The van der Waals surface area contributed by atoms with Crippen molar-refractivity contribution in [3.8, 4) is 11.5 Å². The highest BCUT2D eigenvalue weighted by Gasteiger charge is 2.36. The summed E-state index contributed by atoms with van der Waals surface area (Å²) in [5.41, 5.74) is 5.17. The summed E-state index contributed by atoms with van der Waals surface area (Å²) in [6.07, 6.45) is 7.94. The lowest BCUT2D eigenvalue weighted by atomic mass is 9.90. The van der Waals surface area contributed by atoms with E-state index in [-0.39, 0.29) is 36.7 Å². The Bertz CT molecular complexity index is 2220. The first-order valence-electron chi connectivity index (χ1n) is 21.3. The van der Waals surface area contributed by atoms with Crippen LogP contribution in [-0.2, 0) is 44.9 Å². The molecule has 62 heavy (non-hydrogen) atoms. The predicted molar refractivity (Wildman–Crippen MR) is 241 cm³/mol. The van der Waals surface area contributed by atoms with E-state index in [9.17, 15) is 19.2 Å². The highest BCUT2D eigenvalue weighted by atomic mass is 35.5. The normalized spacial score (nSPS) is 19.1. The molecule has 2 amide bonds. The Hall–Kier alpha value is -4.42. The van der Waals surface area contributed by atoms with Gasteiger partial charge in [-0.2, -0.15) is 0 Å². The summed E-state index contributed by atoms with van der Waals surface area (Å²) in [7, 11) is 0. The van der Waals surface area contributed by atoms with Crippen LogP contribution in [0.5, 0.6) is 11.5 Å². The molecule has 4 aliphatic heterocycles. The molecule has 0 spiro atoms. The molecule has 14 heteroatoms. The molecular weight excluding hydrogens is 870 g/mol. The minimum absolute atomic E-state index is 0.0189.